The third-order valence-electron chi connectivity index (χ3n) is 3.61. The Labute approximate surface area is 186 Å². The van der Waals surface area contributed by atoms with E-state index < -0.39 is 10.0 Å². The van der Waals surface area contributed by atoms with Gasteiger partial charge in [-0.25, -0.2) is 17.7 Å². The van der Waals surface area contributed by atoms with Gasteiger partial charge >= 0.3 is 0 Å². The normalized spacial score (nSPS) is 12.1. The maximum absolute atomic E-state index is 12.1. The lowest BCUT2D eigenvalue weighted by molar-refractivity contribution is 0.523. The van der Waals surface area contributed by atoms with Crippen LogP contribution in [0, 0.1) is 0 Å². The van der Waals surface area contributed by atoms with Crippen molar-refractivity contribution in [2.45, 2.75) is 30.5 Å². The van der Waals surface area contributed by atoms with Crippen LogP contribution in [0.5, 0.6) is 0 Å². The molecule has 0 radical (unpaired) electrons. The molecule has 2 N–H and O–H groups in total. The number of nitrogens with zero attached hydrogens (tertiary/aromatic N) is 3. The first-order valence-corrected chi connectivity index (χ1v) is 11.3. The molecule has 0 amide bonds. The summed E-state index contributed by atoms with van der Waals surface area (Å²) in [6, 6.07) is 3.46. The number of guanidine groups is 1. The fourth-order valence-corrected chi connectivity index (χ4v) is 5.40. The van der Waals surface area contributed by atoms with Crippen LogP contribution in [0.1, 0.15) is 21.7 Å². The first-order chi connectivity index (χ1) is 12.4. The topological polar surface area (TPSA) is 86.7 Å². The highest BCUT2D eigenvalue weighted by molar-refractivity contribution is 14.0. The average molecular weight is 544 g/mol. The van der Waals surface area contributed by atoms with Crippen LogP contribution in [0.25, 0.3) is 0 Å². The molecule has 2 heterocycles. The van der Waals surface area contributed by atoms with Crippen LogP contribution in [-0.2, 0) is 29.4 Å². The Morgan fingerprint density at radius 3 is 2.56 bits per heavy atom. The third kappa shape index (κ3) is 6.97. The molecule has 11 heteroatoms. The predicted octanol–water partition coefficient (Wildman–Crippen LogP) is 2.54. The Balaban J connectivity index is 0.00000364. The van der Waals surface area contributed by atoms with Crippen molar-refractivity contribution in [2.75, 3.05) is 27.7 Å². The summed E-state index contributed by atoms with van der Waals surface area (Å²) in [6.45, 7) is 3.38. The molecule has 2 rings (SSSR count). The van der Waals surface area contributed by atoms with E-state index in [4.69, 9.17) is 0 Å². The van der Waals surface area contributed by atoms with Crippen molar-refractivity contribution in [1.82, 2.24) is 19.9 Å². The van der Waals surface area contributed by atoms with Gasteiger partial charge in [0.25, 0.3) is 10.0 Å². The second-order valence-electron chi connectivity index (χ2n) is 5.68. The second-order valence-corrected chi connectivity index (χ2v) is 10.4. The highest BCUT2D eigenvalue weighted by atomic mass is 127. The molecule has 2 aromatic heterocycles. The lowest BCUT2D eigenvalue weighted by atomic mass is 10.4. The van der Waals surface area contributed by atoms with Crippen molar-refractivity contribution < 1.29 is 8.42 Å². The molecular formula is C16H26IN5O2S3. The van der Waals surface area contributed by atoms with Gasteiger partial charge in [0.2, 0.25) is 0 Å². The molecule has 152 valence electrons. The van der Waals surface area contributed by atoms with Gasteiger partial charge in [-0.1, -0.05) is 6.92 Å². The smallest absolute Gasteiger partial charge is 0.252 e. The maximum atomic E-state index is 12.1. The molecule has 0 aromatic carbocycles. The molecule has 0 saturated carbocycles. The SMILES string of the molecule is CCc1cnc(CCNC(=NC)NCc2ccc(S(=O)(=O)N(C)C)s2)s1.I. The van der Waals surface area contributed by atoms with Crippen LogP contribution >= 0.6 is 46.7 Å². The zero-order valence-electron chi connectivity index (χ0n) is 15.9. The fourth-order valence-electron chi connectivity index (χ4n) is 2.08. The van der Waals surface area contributed by atoms with Crippen LogP contribution in [0.3, 0.4) is 0 Å². The molecule has 7 nitrogen and oxygen atoms in total. The van der Waals surface area contributed by atoms with Crippen molar-refractivity contribution in [3.05, 3.63) is 33.1 Å². The summed E-state index contributed by atoms with van der Waals surface area (Å²) in [6.07, 6.45) is 3.79. The van der Waals surface area contributed by atoms with E-state index in [-0.39, 0.29) is 24.0 Å². The lowest BCUT2D eigenvalue weighted by Crippen LogP contribution is -2.37. The van der Waals surface area contributed by atoms with Crippen molar-refractivity contribution >= 4 is 62.6 Å². The predicted molar refractivity (Wildman–Crippen MR) is 124 cm³/mol. The first kappa shape index (κ1) is 24.3. The molecule has 0 spiro atoms. The number of aromatic nitrogens is 1. The number of thiazole rings is 1. The van der Waals surface area contributed by atoms with Gasteiger partial charge in [-0.2, -0.15) is 0 Å². The number of halogens is 1. The summed E-state index contributed by atoms with van der Waals surface area (Å²) in [5.41, 5.74) is 0. The summed E-state index contributed by atoms with van der Waals surface area (Å²) in [4.78, 5) is 10.8. The Bertz CT molecular complexity index is 846. The van der Waals surface area contributed by atoms with Crippen molar-refractivity contribution in [2.24, 2.45) is 4.99 Å². The molecule has 0 bridgehead atoms. The highest BCUT2D eigenvalue weighted by Gasteiger charge is 2.19. The number of aliphatic imine (C=N–C) groups is 1. The van der Waals surface area contributed by atoms with Crippen LogP contribution < -0.4 is 10.6 Å². The summed E-state index contributed by atoms with van der Waals surface area (Å²) < 4.78 is 25.8. The van der Waals surface area contributed by atoms with Crippen molar-refractivity contribution in [3.8, 4) is 0 Å². The largest absolute Gasteiger partial charge is 0.356 e. The Hall–Kier alpha value is -0.760. The number of hydrogen-bond acceptors (Lipinski definition) is 6. The Morgan fingerprint density at radius 2 is 1.96 bits per heavy atom. The monoisotopic (exact) mass is 543 g/mol. The van der Waals surface area contributed by atoms with Crippen LogP contribution in [-0.4, -0.2) is 51.4 Å². The van der Waals surface area contributed by atoms with E-state index in [1.807, 2.05) is 12.3 Å². The molecule has 0 aliphatic heterocycles. The minimum Gasteiger partial charge on any atom is -0.356 e. The van der Waals surface area contributed by atoms with E-state index >= 15 is 0 Å². The van der Waals surface area contributed by atoms with Gasteiger partial charge in [0.05, 0.1) is 11.6 Å². The Kier molecular flexibility index (Phi) is 10.2. The van der Waals surface area contributed by atoms with Gasteiger partial charge in [0, 0.05) is 50.1 Å². The zero-order chi connectivity index (χ0) is 19.2. The van der Waals surface area contributed by atoms with Crippen LogP contribution in [0.15, 0.2) is 27.5 Å². The number of rotatable bonds is 8. The average Bonchev–Trinajstić information content (AvgIpc) is 3.27. The molecule has 0 atom stereocenters. The quantitative estimate of drug-likeness (QED) is 0.304. The number of sulfonamides is 1. The maximum Gasteiger partial charge on any atom is 0.252 e. The number of hydrogen-bond donors (Lipinski definition) is 2. The van der Waals surface area contributed by atoms with Gasteiger partial charge in [-0.15, -0.1) is 46.7 Å². The molecule has 27 heavy (non-hydrogen) atoms. The molecule has 0 unspecified atom stereocenters. The summed E-state index contributed by atoms with van der Waals surface area (Å²) in [7, 11) is 1.40. The van der Waals surface area contributed by atoms with E-state index in [0.29, 0.717) is 16.7 Å². The van der Waals surface area contributed by atoms with Gasteiger partial charge in [-0.3, -0.25) is 4.99 Å². The highest BCUT2D eigenvalue weighted by Crippen LogP contribution is 2.23. The number of thiophene rings is 1. The van der Waals surface area contributed by atoms with Gasteiger partial charge in [0.15, 0.2) is 5.96 Å². The molecule has 0 aliphatic carbocycles. The lowest BCUT2D eigenvalue weighted by Gasteiger charge is -2.10. The van der Waals surface area contributed by atoms with Crippen molar-refractivity contribution in [3.63, 3.8) is 0 Å². The third-order valence-corrected chi connectivity index (χ3v) is 8.18. The number of aryl methyl sites for hydroxylation is 1. The molecule has 2 aromatic rings. The summed E-state index contributed by atoms with van der Waals surface area (Å²) >= 11 is 3.00. The standard InChI is InChI=1S/C16H25N5O2S3.HI/c1-5-12-10-19-14(24-12)8-9-18-16(17-2)20-11-13-6-7-15(25-13)26(22,23)21(3)4;/h6-7,10H,5,8-9,11H2,1-4H3,(H2,17,18,20);1H. The molecule has 0 aliphatic rings. The second kappa shape index (κ2) is 11.3. The number of nitrogens with one attached hydrogen (secondary N) is 2. The first-order valence-electron chi connectivity index (χ1n) is 8.26. The minimum atomic E-state index is -3.37. The van der Waals surface area contributed by atoms with E-state index in [2.05, 4.69) is 27.5 Å². The van der Waals surface area contributed by atoms with Gasteiger partial charge in [0.1, 0.15) is 4.21 Å². The molecule has 0 fully saturated rings. The molecule has 0 saturated heterocycles. The Morgan fingerprint density at radius 1 is 1.22 bits per heavy atom. The van der Waals surface area contributed by atoms with E-state index in [9.17, 15) is 8.42 Å². The van der Waals surface area contributed by atoms with Crippen molar-refractivity contribution in [1.29, 1.82) is 0 Å². The van der Waals surface area contributed by atoms with Gasteiger partial charge < -0.3 is 10.6 Å². The van der Waals surface area contributed by atoms with Gasteiger partial charge in [-0.05, 0) is 18.6 Å². The van der Waals surface area contributed by atoms with Crippen LogP contribution in [0.4, 0.5) is 0 Å². The van der Waals surface area contributed by atoms with E-state index in [1.54, 1.807) is 24.5 Å². The summed E-state index contributed by atoms with van der Waals surface area (Å²) in [5, 5.41) is 7.57. The molecular weight excluding hydrogens is 517 g/mol. The fraction of sp³-hybridized carbons (Fsp3) is 0.500. The van der Waals surface area contributed by atoms with E-state index in [1.165, 1.54) is 34.6 Å². The summed E-state index contributed by atoms with van der Waals surface area (Å²) in [5.74, 6) is 0.683. The van der Waals surface area contributed by atoms with Crippen LogP contribution in [0.2, 0.25) is 0 Å². The minimum absolute atomic E-state index is 0. The zero-order valence-corrected chi connectivity index (χ0v) is 20.6. The van der Waals surface area contributed by atoms with E-state index in [0.717, 1.165) is 29.3 Å².